The Morgan fingerprint density at radius 3 is 2.76 bits per heavy atom. The Morgan fingerprint density at radius 2 is 2.18 bits per heavy atom. The van der Waals surface area contributed by atoms with Crippen LogP contribution in [-0.2, 0) is 12.2 Å². The quantitative estimate of drug-likeness (QED) is 0.635. The zero-order valence-electron chi connectivity index (χ0n) is 10.7. The number of aryl methyl sites for hydroxylation is 1. The molecule has 0 bridgehead atoms. The van der Waals surface area contributed by atoms with Gasteiger partial charge < -0.3 is 0 Å². The Morgan fingerprint density at radius 1 is 1.41 bits per heavy atom. The van der Waals surface area contributed by atoms with Crippen LogP contribution < -0.4 is 11.3 Å². The van der Waals surface area contributed by atoms with Crippen molar-refractivity contribution in [2.75, 3.05) is 5.75 Å². The number of thiophene rings is 1. The summed E-state index contributed by atoms with van der Waals surface area (Å²) in [7, 11) is 0. The summed E-state index contributed by atoms with van der Waals surface area (Å²) in [6.45, 7) is 4.50. The molecule has 1 unspecified atom stereocenters. The highest BCUT2D eigenvalue weighted by atomic mass is 32.2. The molecule has 1 aliphatic heterocycles. The van der Waals surface area contributed by atoms with Crippen LogP contribution in [0.5, 0.6) is 0 Å². The van der Waals surface area contributed by atoms with Gasteiger partial charge in [0.05, 0.1) is 6.04 Å². The number of hydrogen-bond acceptors (Lipinski definition) is 4. The van der Waals surface area contributed by atoms with Gasteiger partial charge in [0, 0.05) is 15.5 Å². The Bertz CT molecular complexity index is 335. The minimum Gasteiger partial charge on any atom is -0.271 e. The summed E-state index contributed by atoms with van der Waals surface area (Å²) < 4.78 is 0. The van der Waals surface area contributed by atoms with Crippen molar-refractivity contribution < 1.29 is 0 Å². The van der Waals surface area contributed by atoms with Crippen LogP contribution in [0.1, 0.15) is 48.0 Å². The second-order valence-corrected chi connectivity index (χ2v) is 6.89. The molecule has 1 atom stereocenters. The standard InChI is InChI=1S/C13H22N2S2/c1-3-9(4-2)13(15-14)12-7-10-8-16-6-5-11(10)17-12/h7,9,13,15H,3-6,8,14H2,1-2H3. The van der Waals surface area contributed by atoms with Crippen molar-refractivity contribution in [2.45, 2.75) is 44.9 Å². The van der Waals surface area contributed by atoms with Gasteiger partial charge >= 0.3 is 0 Å². The Labute approximate surface area is 112 Å². The van der Waals surface area contributed by atoms with Crippen LogP contribution in [0.4, 0.5) is 0 Å². The fraction of sp³-hybridized carbons (Fsp3) is 0.692. The zero-order valence-corrected chi connectivity index (χ0v) is 12.3. The van der Waals surface area contributed by atoms with Crippen LogP contribution in [0.15, 0.2) is 6.07 Å². The Hall–Kier alpha value is -0.0300. The van der Waals surface area contributed by atoms with E-state index in [9.17, 15) is 0 Å². The van der Waals surface area contributed by atoms with Crippen LogP contribution in [0.25, 0.3) is 0 Å². The highest BCUT2D eigenvalue weighted by molar-refractivity contribution is 7.98. The molecule has 3 N–H and O–H groups in total. The molecular formula is C13H22N2S2. The van der Waals surface area contributed by atoms with Crippen LogP contribution in [0, 0.1) is 5.92 Å². The van der Waals surface area contributed by atoms with E-state index in [0.717, 1.165) is 0 Å². The molecule has 1 aliphatic rings. The molecule has 0 fully saturated rings. The molecule has 0 spiro atoms. The van der Waals surface area contributed by atoms with Crippen LogP contribution in [0.2, 0.25) is 0 Å². The first kappa shape index (κ1) is 13.4. The topological polar surface area (TPSA) is 38.0 Å². The number of rotatable bonds is 5. The van der Waals surface area contributed by atoms with E-state index >= 15 is 0 Å². The smallest absolute Gasteiger partial charge is 0.0581 e. The number of nitrogens with two attached hydrogens (primary N) is 1. The molecular weight excluding hydrogens is 248 g/mol. The molecule has 0 saturated heterocycles. The predicted octanol–water partition coefficient (Wildman–Crippen LogP) is 3.48. The molecule has 17 heavy (non-hydrogen) atoms. The van der Waals surface area contributed by atoms with Gasteiger partial charge in [0.25, 0.3) is 0 Å². The molecule has 2 heterocycles. The molecule has 1 aromatic heterocycles. The van der Waals surface area contributed by atoms with E-state index < -0.39 is 0 Å². The van der Waals surface area contributed by atoms with Crippen molar-refractivity contribution in [3.05, 3.63) is 21.4 Å². The summed E-state index contributed by atoms with van der Waals surface area (Å²) >= 11 is 4.02. The largest absolute Gasteiger partial charge is 0.271 e. The van der Waals surface area contributed by atoms with Crippen LogP contribution in [-0.4, -0.2) is 5.75 Å². The lowest BCUT2D eigenvalue weighted by molar-refractivity contribution is 0.350. The van der Waals surface area contributed by atoms with E-state index in [-0.39, 0.29) is 0 Å². The molecule has 0 saturated carbocycles. The van der Waals surface area contributed by atoms with Crippen molar-refractivity contribution in [1.82, 2.24) is 5.43 Å². The lowest BCUT2D eigenvalue weighted by Gasteiger charge is -2.23. The second-order valence-electron chi connectivity index (χ2n) is 4.62. The third-order valence-electron chi connectivity index (χ3n) is 3.65. The first-order valence-corrected chi connectivity index (χ1v) is 8.42. The predicted molar refractivity (Wildman–Crippen MR) is 78.3 cm³/mol. The van der Waals surface area contributed by atoms with Gasteiger partial charge in [-0.3, -0.25) is 11.3 Å². The third kappa shape index (κ3) is 2.87. The molecule has 0 amide bonds. The van der Waals surface area contributed by atoms with E-state index in [1.54, 1.807) is 10.4 Å². The lowest BCUT2D eigenvalue weighted by atomic mass is 9.93. The summed E-state index contributed by atoms with van der Waals surface area (Å²) in [5.41, 5.74) is 4.58. The average Bonchev–Trinajstić information content (AvgIpc) is 2.78. The van der Waals surface area contributed by atoms with Gasteiger partial charge in [0.2, 0.25) is 0 Å². The molecule has 96 valence electrons. The van der Waals surface area contributed by atoms with Crippen molar-refractivity contribution in [1.29, 1.82) is 0 Å². The van der Waals surface area contributed by atoms with Crippen molar-refractivity contribution in [3.8, 4) is 0 Å². The first-order valence-electron chi connectivity index (χ1n) is 6.45. The minimum absolute atomic E-state index is 0.339. The Balaban J connectivity index is 2.21. The van der Waals surface area contributed by atoms with Gasteiger partial charge in [-0.05, 0) is 29.7 Å². The maximum atomic E-state index is 5.77. The van der Waals surface area contributed by atoms with Gasteiger partial charge in [-0.15, -0.1) is 11.3 Å². The van der Waals surface area contributed by atoms with E-state index in [0.29, 0.717) is 12.0 Å². The number of thioether (sulfide) groups is 1. The SMILES string of the molecule is CCC(CC)C(NN)c1cc2c(s1)CCSC2. The van der Waals surface area contributed by atoms with Crippen molar-refractivity contribution in [3.63, 3.8) is 0 Å². The number of hydrazine groups is 1. The fourth-order valence-corrected chi connectivity index (χ4v) is 5.06. The number of fused-ring (bicyclic) bond motifs is 1. The van der Waals surface area contributed by atoms with Gasteiger partial charge in [0.15, 0.2) is 0 Å². The second kappa shape index (κ2) is 6.23. The van der Waals surface area contributed by atoms with Gasteiger partial charge in [0.1, 0.15) is 0 Å². The van der Waals surface area contributed by atoms with E-state index in [1.165, 1.54) is 35.6 Å². The molecule has 2 nitrogen and oxygen atoms in total. The van der Waals surface area contributed by atoms with E-state index in [2.05, 4.69) is 25.3 Å². The highest BCUT2D eigenvalue weighted by Gasteiger charge is 2.23. The molecule has 0 aromatic carbocycles. The van der Waals surface area contributed by atoms with Gasteiger partial charge in [-0.2, -0.15) is 11.8 Å². The zero-order chi connectivity index (χ0) is 12.3. The monoisotopic (exact) mass is 270 g/mol. The summed E-state index contributed by atoms with van der Waals surface area (Å²) in [6, 6.07) is 2.72. The number of hydrogen-bond donors (Lipinski definition) is 2. The maximum absolute atomic E-state index is 5.77. The molecule has 1 aromatic rings. The molecule has 0 radical (unpaired) electrons. The molecule has 4 heteroatoms. The summed E-state index contributed by atoms with van der Waals surface area (Å²) in [5, 5.41) is 0. The van der Waals surface area contributed by atoms with Crippen molar-refractivity contribution in [2.24, 2.45) is 11.8 Å². The first-order chi connectivity index (χ1) is 8.30. The van der Waals surface area contributed by atoms with Gasteiger partial charge in [-0.25, -0.2) is 0 Å². The summed E-state index contributed by atoms with van der Waals surface area (Å²) in [4.78, 5) is 3.03. The average molecular weight is 270 g/mol. The highest BCUT2D eigenvalue weighted by Crippen LogP contribution is 2.37. The minimum atomic E-state index is 0.339. The molecule has 2 rings (SSSR count). The fourth-order valence-electron chi connectivity index (χ4n) is 2.53. The van der Waals surface area contributed by atoms with Gasteiger partial charge in [-0.1, -0.05) is 26.7 Å². The summed E-state index contributed by atoms with van der Waals surface area (Å²) in [5.74, 6) is 8.88. The number of nitrogens with one attached hydrogen (secondary N) is 1. The molecule has 0 aliphatic carbocycles. The van der Waals surface area contributed by atoms with Crippen LogP contribution in [0.3, 0.4) is 0 Å². The normalized spacial score (nSPS) is 17.2. The van der Waals surface area contributed by atoms with Crippen LogP contribution >= 0.6 is 23.1 Å². The van der Waals surface area contributed by atoms with E-state index in [1.807, 2.05) is 23.1 Å². The lowest BCUT2D eigenvalue weighted by Crippen LogP contribution is -2.32. The Kier molecular flexibility index (Phi) is 4.91. The third-order valence-corrected chi connectivity index (χ3v) is 5.98. The van der Waals surface area contributed by atoms with E-state index in [4.69, 9.17) is 5.84 Å². The summed E-state index contributed by atoms with van der Waals surface area (Å²) in [6.07, 6.45) is 3.61. The maximum Gasteiger partial charge on any atom is 0.0581 e. The van der Waals surface area contributed by atoms with Crippen molar-refractivity contribution >= 4 is 23.1 Å².